The Labute approximate surface area is 101 Å². The Balaban J connectivity index is 2.19. The zero-order valence-electron chi connectivity index (χ0n) is 9.65. The number of hydrogen-bond donors (Lipinski definition) is 0. The molecule has 0 saturated carbocycles. The van der Waals surface area contributed by atoms with Crippen molar-refractivity contribution in [2.24, 2.45) is 0 Å². The highest BCUT2D eigenvalue weighted by atomic mass is 32.2. The van der Waals surface area contributed by atoms with Gasteiger partial charge in [0, 0.05) is 14.0 Å². The van der Waals surface area contributed by atoms with Crippen molar-refractivity contribution in [2.45, 2.75) is 44.6 Å². The van der Waals surface area contributed by atoms with Gasteiger partial charge in [-0.1, -0.05) is 0 Å². The molecule has 0 radical (unpaired) electrons. The highest BCUT2D eigenvalue weighted by molar-refractivity contribution is 7.75. The molecule has 6 atom stereocenters. The van der Waals surface area contributed by atoms with Gasteiger partial charge in [0.2, 0.25) is 0 Å². The molecule has 2 aliphatic rings. The van der Waals surface area contributed by atoms with Crippen LogP contribution in [0.3, 0.4) is 0 Å². The molecule has 8 heteroatoms. The Morgan fingerprint density at radius 1 is 1.29 bits per heavy atom. The lowest BCUT2D eigenvalue weighted by molar-refractivity contribution is -0.270. The minimum Gasteiger partial charge on any atom is -0.454 e. The average Bonchev–Trinajstić information content (AvgIpc) is 2.64. The van der Waals surface area contributed by atoms with E-state index < -0.39 is 41.9 Å². The van der Waals surface area contributed by atoms with Crippen LogP contribution in [-0.4, -0.2) is 48.0 Å². The summed E-state index contributed by atoms with van der Waals surface area (Å²) in [7, 11) is 1.43. The minimum atomic E-state index is -1.84. The van der Waals surface area contributed by atoms with Gasteiger partial charge < -0.3 is 14.2 Å². The van der Waals surface area contributed by atoms with Crippen LogP contribution >= 0.6 is 0 Å². The molecule has 0 aromatic heterocycles. The summed E-state index contributed by atoms with van der Waals surface area (Å²) in [6.45, 7) is 3.02. The Morgan fingerprint density at radius 3 is 2.53 bits per heavy atom. The average molecular weight is 266 g/mol. The number of carbonyl (C=O) groups excluding carboxylic acids is 1. The Hall–Kier alpha value is -0.540. The molecular formula is C9H14O7S. The summed E-state index contributed by atoms with van der Waals surface area (Å²) in [6, 6.07) is 0. The van der Waals surface area contributed by atoms with Gasteiger partial charge in [-0.2, -0.15) is 4.21 Å². The lowest BCUT2D eigenvalue weighted by atomic mass is 10.00. The van der Waals surface area contributed by atoms with Gasteiger partial charge in [-0.3, -0.25) is 13.2 Å². The molecule has 98 valence electrons. The fourth-order valence-corrected chi connectivity index (χ4v) is 2.82. The molecule has 0 amide bonds. The van der Waals surface area contributed by atoms with Gasteiger partial charge in [0.15, 0.2) is 12.4 Å². The highest BCUT2D eigenvalue weighted by Crippen LogP contribution is 2.33. The molecule has 2 heterocycles. The van der Waals surface area contributed by atoms with Crippen LogP contribution in [0.5, 0.6) is 0 Å². The van der Waals surface area contributed by atoms with E-state index in [1.54, 1.807) is 6.92 Å². The van der Waals surface area contributed by atoms with E-state index in [-0.39, 0.29) is 6.10 Å². The van der Waals surface area contributed by atoms with Crippen molar-refractivity contribution in [3.05, 3.63) is 0 Å². The number of ether oxygens (including phenoxy) is 3. The lowest BCUT2D eigenvalue weighted by Gasteiger charge is -2.38. The molecular weight excluding hydrogens is 252 g/mol. The van der Waals surface area contributed by atoms with Crippen molar-refractivity contribution in [3.8, 4) is 0 Å². The molecule has 7 nitrogen and oxygen atoms in total. The van der Waals surface area contributed by atoms with Crippen molar-refractivity contribution in [2.75, 3.05) is 7.11 Å². The molecule has 0 spiro atoms. The number of hydrogen-bond acceptors (Lipinski definition) is 7. The van der Waals surface area contributed by atoms with E-state index in [1.807, 2.05) is 0 Å². The lowest BCUT2D eigenvalue weighted by Crippen LogP contribution is -2.57. The second-order valence-corrected chi connectivity index (χ2v) is 4.64. The predicted octanol–water partition coefficient (Wildman–Crippen LogP) is -0.328. The van der Waals surface area contributed by atoms with Crippen molar-refractivity contribution < 1.29 is 31.6 Å². The van der Waals surface area contributed by atoms with E-state index in [0.29, 0.717) is 0 Å². The third-order valence-electron chi connectivity index (χ3n) is 2.64. The number of esters is 1. The number of fused-ring (bicyclic) bond motifs is 1. The zero-order valence-corrected chi connectivity index (χ0v) is 10.5. The van der Waals surface area contributed by atoms with E-state index in [4.69, 9.17) is 22.6 Å². The number of methoxy groups -OCH3 is 1. The first-order valence-corrected chi connectivity index (χ1v) is 6.14. The van der Waals surface area contributed by atoms with Crippen LogP contribution in [0, 0.1) is 0 Å². The van der Waals surface area contributed by atoms with Crippen molar-refractivity contribution in [1.82, 2.24) is 0 Å². The van der Waals surface area contributed by atoms with Crippen LogP contribution in [0.25, 0.3) is 0 Å². The van der Waals surface area contributed by atoms with Gasteiger partial charge in [0.1, 0.15) is 12.2 Å². The fourth-order valence-electron chi connectivity index (χ4n) is 1.93. The fraction of sp³-hybridized carbons (Fsp3) is 0.889. The summed E-state index contributed by atoms with van der Waals surface area (Å²) in [6.07, 6.45) is -3.08. The first kappa shape index (κ1) is 12.9. The molecule has 0 N–H and O–H groups in total. The van der Waals surface area contributed by atoms with Crippen LogP contribution in [0.1, 0.15) is 13.8 Å². The maximum absolute atomic E-state index is 11.2. The van der Waals surface area contributed by atoms with Gasteiger partial charge in [-0.15, -0.1) is 0 Å². The summed E-state index contributed by atoms with van der Waals surface area (Å²) in [4.78, 5) is 11.0. The van der Waals surface area contributed by atoms with Crippen LogP contribution < -0.4 is 0 Å². The second kappa shape index (κ2) is 4.99. The Bertz CT molecular complexity index is 333. The largest absolute Gasteiger partial charge is 0.454 e. The van der Waals surface area contributed by atoms with Crippen LogP contribution in [0.2, 0.25) is 0 Å². The van der Waals surface area contributed by atoms with E-state index in [0.717, 1.165) is 0 Å². The van der Waals surface area contributed by atoms with Gasteiger partial charge in [0.25, 0.3) is 0 Å². The van der Waals surface area contributed by atoms with Crippen LogP contribution in [0.15, 0.2) is 0 Å². The van der Waals surface area contributed by atoms with Gasteiger partial charge >= 0.3 is 17.3 Å². The van der Waals surface area contributed by atoms with E-state index >= 15 is 0 Å². The molecule has 2 saturated heterocycles. The molecule has 0 bridgehead atoms. The molecule has 17 heavy (non-hydrogen) atoms. The monoisotopic (exact) mass is 266 g/mol. The summed E-state index contributed by atoms with van der Waals surface area (Å²) in [5.74, 6) is -0.491. The highest BCUT2D eigenvalue weighted by Gasteiger charge is 2.53. The third-order valence-corrected chi connectivity index (χ3v) is 3.40. The summed E-state index contributed by atoms with van der Waals surface area (Å²) < 4.78 is 37.0. The molecule has 0 aliphatic carbocycles. The quantitative estimate of drug-likeness (QED) is 0.633. The minimum absolute atomic E-state index is 0.358. The smallest absolute Gasteiger partial charge is 0.305 e. The number of carbonyl (C=O) groups is 1. The molecule has 0 aromatic rings. The first-order chi connectivity index (χ1) is 8.02. The standard InChI is InChI=1S/C9H14O7S/c1-4-6-7(16-17(11)15-6)8(14-5(2)10)9(12-3)13-4/h4,6-9H,1-3H3/t4-,6+,7+,8-,9+,17?/m1/s1. The van der Waals surface area contributed by atoms with Crippen molar-refractivity contribution in [3.63, 3.8) is 0 Å². The van der Waals surface area contributed by atoms with E-state index in [1.165, 1.54) is 14.0 Å². The SMILES string of the molecule is CO[C@H]1O[C@H](C)[C@@H]2OS(=O)O[C@@H]2[C@H]1OC(C)=O. The normalized spacial score (nSPS) is 45.4. The molecule has 1 unspecified atom stereocenters. The predicted molar refractivity (Wildman–Crippen MR) is 54.8 cm³/mol. The van der Waals surface area contributed by atoms with Crippen molar-refractivity contribution in [1.29, 1.82) is 0 Å². The van der Waals surface area contributed by atoms with Gasteiger partial charge in [0.05, 0.1) is 6.10 Å². The van der Waals surface area contributed by atoms with Crippen LogP contribution in [-0.2, 0) is 38.7 Å². The van der Waals surface area contributed by atoms with Gasteiger partial charge in [-0.05, 0) is 6.92 Å². The summed E-state index contributed by atoms with van der Waals surface area (Å²) in [5, 5.41) is 0. The topological polar surface area (TPSA) is 80.3 Å². The molecule has 2 fully saturated rings. The zero-order chi connectivity index (χ0) is 12.6. The first-order valence-electron chi connectivity index (χ1n) is 5.14. The molecule has 0 aromatic carbocycles. The van der Waals surface area contributed by atoms with Crippen molar-refractivity contribution >= 4 is 17.3 Å². The molecule has 2 rings (SSSR count). The summed E-state index contributed by atoms with van der Waals surface area (Å²) >= 11 is -1.84. The maximum Gasteiger partial charge on any atom is 0.305 e. The maximum atomic E-state index is 11.2. The van der Waals surface area contributed by atoms with Crippen LogP contribution in [0.4, 0.5) is 0 Å². The molecule has 2 aliphatic heterocycles. The summed E-state index contributed by atoms with van der Waals surface area (Å²) in [5.41, 5.74) is 0. The Kier molecular flexibility index (Phi) is 3.79. The second-order valence-electron chi connectivity index (χ2n) is 3.85. The van der Waals surface area contributed by atoms with Gasteiger partial charge in [-0.25, -0.2) is 0 Å². The van der Waals surface area contributed by atoms with E-state index in [2.05, 4.69) is 0 Å². The Morgan fingerprint density at radius 2 is 1.94 bits per heavy atom. The number of rotatable bonds is 2. The van der Waals surface area contributed by atoms with E-state index in [9.17, 15) is 9.00 Å². The third kappa shape index (κ3) is 2.50.